The van der Waals surface area contributed by atoms with Crippen molar-refractivity contribution in [3.05, 3.63) is 41.6 Å². The monoisotopic (exact) mass is 360 g/mol. The van der Waals surface area contributed by atoms with E-state index in [-0.39, 0.29) is 11.4 Å². The minimum absolute atomic E-state index is 0.0513. The van der Waals surface area contributed by atoms with Gasteiger partial charge in [-0.2, -0.15) is 5.10 Å². The molecule has 2 heterocycles. The van der Waals surface area contributed by atoms with E-state index in [0.717, 1.165) is 18.9 Å². The summed E-state index contributed by atoms with van der Waals surface area (Å²) in [5.41, 5.74) is 11.5. The highest BCUT2D eigenvalue weighted by molar-refractivity contribution is 6.00. The molecule has 3 rings (SSSR count). The minimum Gasteiger partial charge on any atom is -0.381 e. The molecule has 26 heavy (non-hydrogen) atoms. The Morgan fingerprint density at radius 1 is 1.31 bits per heavy atom. The van der Waals surface area contributed by atoms with Crippen LogP contribution in [0.15, 0.2) is 24.4 Å². The molecule has 0 bridgehead atoms. The Morgan fingerprint density at radius 2 is 2.08 bits per heavy atom. The number of anilines is 3. The van der Waals surface area contributed by atoms with Gasteiger partial charge in [-0.15, -0.1) is 0 Å². The summed E-state index contributed by atoms with van der Waals surface area (Å²) in [5.74, 6) is -2.69. The summed E-state index contributed by atoms with van der Waals surface area (Å²) in [7, 11) is 0. The van der Waals surface area contributed by atoms with Gasteiger partial charge < -0.3 is 16.8 Å². The lowest BCUT2D eigenvalue weighted by molar-refractivity contribution is 0.100. The van der Waals surface area contributed by atoms with E-state index in [9.17, 15) is 13.6 Å². The second-order valence-electron chi connectivity index (χ2n) is 5.85. The number of fused-ring (bicyclic) bond motifs is 1. The second kappa shape index (κ2) is 6.95. The van der Waals surface area contributed by atoms with Crippen LogP contribution in [-0.4, -0.2) is 20.7 Å². The first-order valence-corrected chi connectivity index (χ1v) is 8.08. The SMILES string of the molecule is CCCCn1ncc2c(Nc3nc(N)c(F)cc3C(N)=O)cc(F)cc21. The Morgan fingerprint density at radius 3 is 2.77 bits per heavy atom. The van der Waals surface area contributed by atoms with Gasteiger partial charge in [0.1, 0.15) is 11.6 Å². The van der Waals surface area contributed by atoms with Crippen LogP contribution in [0.1, 0.15) is 30.1 Å². The smallest absolute Gasteiger partial charge is 0.252 e. The van der Waals surface area contributed by atoms with Crippen LogP contribution in [0.5, 0.6) is 0 Å². The van der Waals surface area contributed by atoms with Gasteiger partial charge in [0.2, 0.25) is 0 Å². The fraction of sp³-hybridized carbons (Fsp3) is 0.235. The maximum Gasteiger partial charge on any atom is 0.252 e. The van der Waals surface area contributed by atoms with E-state index in [2.05, 4.69) is 22.3 Å². The highest BCUT2D eigenvalue weighted by Crippen LogP contribution is 2.29. The number of carbonyl (C=O) groups excluding carboxylic acids is 1. The Hall–Kier alpha value is -3.23. The summed E-state index contributed by atoms with van der Waals surface area (Å²) in [5, 5.41) is 7.73. The molecular weight excluding hydrogens is 342 g/mol. The van der Waals surface area contributed by atoms with Crippen molar-refractivity contribution in [2.45, 2.75) is 26.3 Å². The Labute approximate surface area is 148 Å². The lowest BCUT2D eigenvalue weighted by Gasteiger charge is -2.12. The van der Waals surface area contributed by atoms with E-state index in [4.69, 9.17) is 11.5 Å². The van der Waals surface area contributed by atoms with Gasteiger partial charge in [0.15, 0.2) is 11.6 Å². The number of halogens is 2. The van der Waals surface area contributed by atoms with Crippen LogP contribution in [0.3, 0.4) is 0 Å². The van der Waals surface area contributed by atoms with Crippen molar-refractivity contribution < 1.29 is 13.6 Å². The largest absolute Gasteiger partial charge is 0.381 e. The molecule has 0 atom stereocenters. The quantitative estimate of drug-likeness (QED) is 0.626. The molecule has 9 heteroatoms. The third kappa shape index (κ3) is 3.28. The topological polar surface area (TPSA) is 112 Å². The van der Waals surface area contributed by atoms with Gasteiger partial charge >= 0.3 is 0 Å². The fourth-order valence-electron chi connectivity index (χ4n) is 2.65. The van der Waals surface area contributed by atoms with Crippen molar-refractivity contribution in [2.24, 2.45) is 5.73 Å². The predicted molar refractivity (Wildman–Crippen MR) is 95.0 cm³/mol. The first-order valence-electron chi connectivity index (χ1n) is 8.08. The van der Waals surface area contributed by atoms with Crippen molar-refractivity contribution in [1.82, 2.24) is 14.8 Å². The molecule has 0 unspecified atom stereocenters. The number of nitrogens with two attached hydrogens (primary N) is 2. The van der Waals surface area contributed by atoms with Gasteiger partial charge in [-0.05, 0) is 24.6 Å². The van der Waals surface area contributed by atoms with E-state index in [0.29, 0.717) is 23.1 Å². The van der Waals surface area contributed by atoms with Crippen LogP contribution in [0.4, 0.5) is 26.1 Å². The lowest BCUT2D eigenvalue weighted by atomic mass is 10.2. The molecule has 1 amide bonds. The Kier molecular flexibility index (Phi) is 4.70. The highest BCUT2D eigenvalue weighted by atomic mass is 19.1. The minimum atomic E-state index is -0.884. The first kappa shape index (κ1) is 17.6. The first-order chi connectivity index (χ1) is 12.4. The number of unbranched alkanes of at least 4 members (excludes halogenated alkanes) is 1. The van der Waals surface area contributed by atoms with Crippen LogP contribution < -0.4 is 16.8 Å². The number of pyridine rings is 1. The summed E-state index contributed by atoms with van der Waals surface area (Å²) >= 11 is 0. The molecule has 0 aliphatic rings. The average molecular weight is 360 g/mol. The molecule has 136 valence electrons. The number of carbonyl (C=O) groups is 1. The zero-order valence-electron chi connectivity index (χ0n) is 14.1. The van der Waals surface area contributed by atoms with E-state index in [1.165, 1.54) is 12.1 Å². The standard InChI is InChI=1S/C17H18F2N6O/c1-2-3-4-25-14-6-9(18)5-13(11(14)8-22-25)23-17-10(16(21)26)7-12(19)15(20)24-17/h5-8H,2-4H2,1H3,(H2,21,26)(H3,20,23,24). The third-order valence-corrected chi connectivity index (χ3v) is 3.97. The molecule has 0 saturated heterocycles. The summed E-state index contributed by atoms with van der Waals surface area (Å²) in [6.45, 7) is 2.70. The van der Waals surface area contributed by atoms with E-state index in [1.807, 2.05) is 0 Å². The number of hydrogen-bond donors (Lipinski definition) is 3. The number of primary amides is 1. The molecule has 0 radical (unpaired) electrons. The molecule has 5 N–H and O–H groups in total. The van der Waals surface area contributed by atoms with Crippen LogP contribution in [0.25, 0.3) is 10.9 Å². The maximum absolute atomic E-state index is 14.1. The van der Waals surface area contributed by atoms with Crippen molar-refractivity contribution in [3.8, 4) is 0 Å². The third-order valence-electron chi connectivity index (χ3n) is 3.97. The van der Waals surface area contributed by atoms with Crippen molar-refractivity contribution >= 4 is 34.1 Å². The number of rotatable bonds is 6. The molecule has 0 saturated carbocycles. The molecule has 7 nitrogen and oxygen atoms in total. The molecule has 0 aliphatic heterocycles. The van der Waals surface area contributed by atoms with Crippen LogP contribution in [0, 0.1) is 11.6 Å². The highest BCUT2D eigenvalue weighted by Gasteiger charge is 2.17. The number of nitrogen functional groups attached to an aromatic ring is 1. The molecule has 0 spiro atoms. The molecule has 1 aromatic carbocycles. The van der Waals surface area contributed by atoms with Crippen molar-refractivity contribution in [2.75, 3.05) is 11.1 Å². The number of amides is 1. The van der Waals surface area contributed by atoms with Gasteiger partial charge in [0.05, 0.1) is 23.0 Å². The van der Waals surface area contributed by atoms with E-state index in [1.54, 1.807) is 10.9 Å². The van der Waals surface area contributed by atoms with Gasteiger partial charge in [0.25, 0.3) is 5.91 Å². The number of benzene rings is 1. The summed E-state index contributed by atoms with van der Waals surface area (Å²) in [4.78, 5) is 15.4. The number of nitrogens with one attached hydrogen (secondary N) is 1. The number of aryl methyl sites for hydroxylation is 1. The molecule has 0 fully saturated rings. The maximum atomic E-state index is 14.1. The van der Waals surface area contributed by atoms with E-state index < -0.39 is 23.4 Å². The van der Waals surface area contributed by atoms with Crippen LogP contribution >= 0.6 is 0 Å². The van der Waals surface area contributed by atoms with Gasteiger partial charge in [-0.25, -0.2) is 13.8 Å². The van der Waals surface area contributed by atoms with Crippen molar-refractivity contribution in [1.29, 1.82) is 0 Å². The Balaban J connectivity index is 2.08. The van der Waals surface area contributed by atoms with Crippen molar-refractivity contribution in [3.63, 3.8) is 0 Å². The lowest BCUT2D eigenvalue weighted by Crippen LogP contribution is -2.16. The Bertz CT molecular complexity index is 985. The number of aromatic nitrogens is 3. The fourth-order valence-corrected chi connectivity index (χ4v) is 2.65. The summed E-state index contributed by atoms with van der Waals surface area (Å²) in [6, 6.07) is 3.51. The predicted octanol–water partition coefficient (Wildman–Crippen LogP) is 2.93. The number of hydrogen-bond acceptors (Lipinski definition) is 5. The zero-order chi connectivity index (χ0) is 18.8. The van der Waals surface area contributed by atoms with Gasteiger partial charge in [-0.3, -0.25) is 9.48 Å². The van der Waals surface area contributed by atoms with Crippen LogP contribution in [-0.2, 0) is 6.54 Å². The summed E-state index contributed by atoms with van der Waals surface area (Å²) in [6.07, 6.45) is 3.46. The van der Waals surface area contributed by atoms with Gasteiger partial charge in [-0.1, -0.05) is 13.3 Å². The molecule has 3 aromatic rings. The molecule has 0 aliphatic carbocycles. The summed E-state index contributed by atoms with van der Waals surface area (Å²) < 4.78 is 29.4. The van der Waals surface area contributed by atoms with Crippen LogP contribution in [0.2, 0.25) is 0 Å². The molecule has 2 aromatic heterocycles. The molecular formula is C17H18F2N6O. The second-order valence-corrected chi connectivity index (χ2v) is 5.85. The zero-order valence-corrected chi connectivity index (χ0v) is 14.1. The number of nitrogens with zero attached hydrogens (tertiary/aromatic N) is 3. The van der Waals surface area contributed by atoms with Gasteiger partial charge in [0, 0.05) is 11.9 Å². The average Bonchev–Trinajstić information content (AvgIpc) is 2.98. The van der Waals surface area contributed by atoms with E-state index >= 15 is 0 Å². The normalized spacial score (nSPS) is 11.0.